The van der Waals surface area contributed by atoms with Gasteiger partial charge in [0.2, 0.25) is 0 Å². The highest BCUT2D eigenvalue weighted by atomic mass is 31.2. The van der Waals surface area contributed by atoms with Gasteiger partial charge in [-0.15, -0.1) is 0 Å². The fraction of sp³-hybridized carbons (Fsp3) is 0.759. The molecular weight excluding hydrogens is 1360 g/mol. The van der Waals surface area contributed by atoms with Crippen molar-refractivity contribution in [2.45, 2.75) is 386 Å². The zero-order valence-electron chi connectivity index (χ0n) is 66.6. The third-order valence-corrected chi connectivity index (χ3v) is 19.9. The van der Waals surface area contributed by atoms with Crippen LogP contribution in [0.3, 0.4) is 0 Å². The van der Waals surface area contributed by atoms with E-state index in [1.54, 1.807) is 0 Å². The summed E-state index contributed by atoms with van der Waals surface area (Å²) in [5, 5.41) is 20.7. The smallest absolute Gasteiger partial charge is 0.463 e. The number of ether oxygens (including phenoxy) is 3. The van der Waals surface area contributed by atoms with E-state index in [4.69, 9.17) is 32.3 Å². The molecule has 0 saturated carbocycles. The summed E-state index contributed by atoms with van der Waals surface area (Å²) in [5.41, 5.74) is 0. The van der Waals surface area contributed by atoms with Gasteiger partial charge in [-0.05, 0) is 109 Å². The first-order valence-corrected chi connectivity index (χ1v) is 45.2. The minimum atomic E-state index is -4.93. The Balaban J connectivity index is 4.47. The van der Waals surface area contributed by atoms with E-state index in [0.29, 0.717) is 19.3 Å². The summed E-state index contributed by atoms with van der Waals surface area (Å²) in [6.45, 7) is 2.59. The molecule has 0 aromatic heterocycles. The van der Waals surface area contributed by atoms with Crippen LogP contribution in [0.5, 0.6) is 0 Å². The Labute approximate surface area is 640 Å². The molecule has 0 aliphatic heterocycles. The van der Waals surface area contributed by atoms with Crippen LogP contribution in [0.2, 0.25) is 0 Å². The van der Waals surface area contributed by atoms with Crippen molar-refractivity contribution in [3.63, 3.8) is 0 Å². The number of esters is 3. The van der Waals surface area contributed by atoms with E-state index in [2.05, 4.69) is 130 Å². The number of carbonyl (C=O) groups is 3. The van der Waals surface area contributed by atoms with Gasteiger partial charge in [0.25, 0.3) is 0 Å². The Hall–Kier alpha value is -3.79. The second kappa shape index (κ2) is 79.8. The highest BCUT2D eigenvalue weighted by molar-refractivity contribution is 7.47. The standard InChI is InChI=1S/C87H154O16P2/c1-4-7-10-13-16-19-22-25-27-29-31-33-35-37-39-40-42-44-45-47-49-51-53-56-58-61-64-67-70-73-85(90)97-76-82(88)77-99-104(93,94)100-78-83(89)79-101-105(95,96)102-81-84(103-87(92)75-72-69-66-63-60-55-24-21-18-15-12-9-6-3)80-98-86(91)74-71-68-65-62-59-57-54-52-50-48-46-43-41-38-36-34-32-30-28-26-23-20-17-14-11-8-5-2/h7,10,16-17,19-20,25-28,31-34,37-39,41,82-84,88-89H,4-6,8-9,11-15,18,21-24,29-30,35-36,40,42-81H2,1-3H3,(H,93,94)(H,95,96)/b10-7-,19-16-,20-17-,27-25-,28-26-,33-31-,34-32-,39-37-,41-38-. The molecule has 0 aromatic rings. The van der Waals surface area contributed by atoms with Crippen molar-refractivity contribution in [3.8, 4) is 0 Å². The van der Waals surface area contributed by atoms with Crippen LogP contribution in [-0.4, -0.2) is 95.9 Å². The Morgan fingerprint density at radius 1 is 0.276 bits per heavy atom. The van der Waals surface area contributed by atoms with Crippen molar-refractivity contribution in [3.05, 3.63) is 109 Å². The lowest BCUT2D eigenvalue weighted by Crippen LogP contribution is -2.30. The lowest BCUT2D eigenvalue weighted by Gasteiger charge is -2.21. The predicted octanol–water partition coefficient (Wildman–Crippen LogP) is 25.1. The number of allylic oxidation sites excluding steroid dienone is 18. The maximum atomic E-state index is 13.0. The number of phosphoric acid groups is 2. The molecule has 0 bridgehead atoms. The molecule has 0 spiro atoms. The number of unbranched alkanes of at least 4 members (excludes halogenated alkanes) is 39. The van der Waals surface area contributed by atoms with E-state index in [-0.39, 0.29) is 19.3 Å². The fourth-order valence-electron chi connectivity index (χ4n) is 11.6. The van der Waals surface area contributed by atoms with E-state index < -0.39 is 91.5 Å². The first-order chi connectivity index (χ1) is 51.2. The number of phosphoric ester groups is 2. The molecule has 5 atom stereocenters. The summed E-state index contributed by atoms with van der Waals surface area (Å²) in [7, 11) is -9.78. The van der Waals surface area contributed by atoms with Gasteiger partial charge in [0.05, 0.1) is 26.4 Å². The average Bonchev–Trinajstić information content (AvgIpc) is 0.912. The quantitative estimate of drug-likeness (QED) is 0.0146. The first kappa shape index (κ1) is 101. The second-order valence-electron chi connectivity index (χ2n) is 28.3. The Morgan fingerprint density at radius 2 is 0.505 bits per heavy atom. The van der Waals surface area contributed by atoms with Gasteiger partial charge >= 0.3 is 33.6 Å². The Bertz CT molecular complexity index is 2340. The molecule has 4 N–H and O–H groups in total. The number of hydrogen-bond donors (Lipinski definition) is 4. The van der Waals surface area contributed by atoms with Gasteiger partial charge in [-0.25, -0.2) is 9.13 Å². The third kappa shape index (κ3) is 81.0. The number of carbonyl (C=O) groups excluding carboxylic acids is 3. The van der Waals surface area contributed by atoms with Crippen LogP contribution >= 0.6 is 15.6 Å². The van der Waals surface area contributed by atoms with Crippen LogP contribution in [-0.2, 0) is 55.8 Å². The minimum Gasteiger partial charge on any atom is -0.463 e. The van der Waals surface area contributed by atoms with Gasteiger partial charge < -0.3 is 34.2 Å². The van der Waals surface area contributed by atoms with Crippen LogP contribution in [0, 0.1) is 0 Å². The number of hydrogen-bond acceptors (Lipinski definition) is 14. The number of rotatable bonds is 80. The van der Waals surface area contributed by atoms with Crippen LogP contribution in [0.25, 0.3) is 0 Å². The van der Waals surface area contributed by atoms with Gasteiger partial charge in [0.15, 0.2) is 6.10 Å². The normalized spacial score (nSPS) is 14.5. The monoisotopic (exact) mass is 1520 g/mol. The zero-order chi connectivity index (χ0) is 76.6. The maximum absolute atomic E-state index is 13.0. The van der Waals surface area contributed by atoms with Crippen LogP contribution in [0.15, 0.2) is 109 Å². The first-order valence-electron chi connectivity index (χ1n) is 42.2. The van der Waals surface area contributed by atoms with Crippen LogP contribution in [0.1, 0.15) is 367 Å². The molecule has 0 aliphatic carbocycles. The van der Waals surface area contributed by atoms with Crippen molar-refractivity contribution >= 4 is 33.6 Å². The largest absolute Gasteiger partial charge is 0.472 e. The maximum Gasteiger partial charge on any atom is 0.472 e. The lowest BCUT2D eigenvalue weighted by atomic mass is 10.0. The SMILES string of the molecule is CC/C=C\C/C=C\C/C=C\C/C=C\C/C=C\CCCCCCCCCCCCCCCC(=O)OCC(O)COP(=O)(O)OCC(O)COP(=O)(O)OCC(COC(=O)CCCCCCCCCCCCC/C=C\C/C=C\C/C=C\C/C=C\CCCCC)OC(=O)CCCCCCCCCCCCCCC. The lowest BCUT2D eigenvalue weighted by molar-refractivity contribution is -0.161. The summed E-state index contributed by atoms with van der Waals surface area (Å²) in [6.07, 6.45) is 94.2. The number of aliphatic hydroxyl groups is 2. The third-order valence-electron chi connectivity index (χ3n) is 18.0. The molecule has 105 heavy (non-hydrogen) atoms. The van der Waals surface area contributed by atoms with Crippen molar-refractivity contribution in [1.82, 2.24) is 0 Å². The zero-order valence-corrected chi connectivity index (χ0v) is 68.4. The highest BCUT2D eigenvalue weighted by Crippen LogP contribution is 2.45. The Kier molecular flexibility index (Phi) is 76.9. The summed E-state index contributed by atoms with van der Waals surface area (Å²) >= 11 is 0. The molecule has 0 amide bonds. The Morgan fingerprint density at radius 3 is 0.819 bits per heavy atom. The fourth-order valence-corrected chi connectivity index (χ4v) is 13.2. The molecule has 5 unspecified atom stereocenters. The van der Waals surface area contributed by atoms with Crippen molar-refractivity contribution in [2.75, 3.05) is 39.6 Å². The molecule has 16 nitrogen and oxygen atoms in total. The van der Waals surface area contributed by atoms with E-state index >= 15 is 0 Å². The predicted molar refractivity (Wildman–Crippen MR) is 436 cm³/mol. The molecule has 0 radical (unpaired) electrons. The summed E-state index contributed by atoms with van der Waals surface area (Å²) in [4.78, 5) is 58.7. The molecule has 18 heteroatoms. The van der Waals surface area contributed by atoms with E-state index in [1.807, 2.05) is 0 Å². The average molecular weight is 1520 g/mol. The molecule has 608 valence electrons. The molecule has 0 fully saturated rings. The highest BCUT2D eigenvalue weighted by Gasteiger charge is 2.29. The molecule has 0 aliphatic rings. The minimum absolute atomic E-state index is 0.108. The van der Waals surface area contributed by atoms with Gasteiger partial charge in [0, 0.05) is 19.3 Å². The topological polar surface area (TPSA) is 231 Å². The molecule has 0 heterocycles. The van der Waals surface area contributed by atoms with Gasteiger partial charge in [0.1, 0.15) is 25.4 Å². The van der Waals surface area contributed by atoms with Gasteiger partial charge in [-0.2, -0.15) is 0 Å². The van der Waals surface area contributed by atoms with E-state index in [9.17, 15) is 43.5 Å². The molecule has 0 saturated heterocycles. The number of aliphatic hydroxyl groups excluding tert-OH is 2. The molecule has 0 aromatic carbocycles. The van der Waals surface area contributed by atoms with Gasteiger partial charge in [-0.3, -0.25) is 32.5 Å². The summed E-state index contributed by atoms with van der Waals surface area (Å²) in [6, 6.07) is 0. The molecule has 0 rings (SSSR count). The molecular formula is C87H154O16P2. The van der Waals surface area contributed by atoms with Crippen molar-refractivity contribution in [2.24, 2.45) is 0 Å². The summed E-state index contributed by atoms with van der Waals surface area (Å²) in [5.74, 6) is -1.56. The van der Waals surface area contributed by atoms with Crippen LogP contribution in [0.4, 0.5) is 0 Å². The van der Waals surface area contributed by atoms with Gasteiger partial charge in [-0.1, -0.05) is 348 Å². The second-order valence-corrected chi connectivity index (χ2v) is 31.2. The van der Waals surface area contributed by atoms with Crippen molar-refractivity contribution < 1.29 is 75.8 Å². The van der Waals surface area contributed by atoms with Crippen molar-refractivity contribution in [1.29, 1.82) is 0 Å². The van der Waals surface area contributed by atoms with Crippen LogP contribution < -0.4 is 0 Å². The van der Waals surface area contributed by atoms with E-state index in [1.165, 1.54) is 173 Å². The van der Waals surface area contributed by atoms with E-state index in [0.717, 1.165) is 135 Å². The summed E-state index contributed by atoms with van der Waals surface area (Å²) < 4.78 is 61.2.